The number of para-hydroxylation sites is 2. The highest BCUT2D eigenvalue weighted by Gasteiger charge is 2.16. The molecular formula is C22H21N3O5S. The first kappa shape index (κ1) is 22.0. The molecule has 0 unspecified atom stereocenters. The summed E-state index contributed by atoms with van der Waals surface area (Å²) in [4.78, 5) is 26.2. The molecule has 0 heterocycles. The van der Waals surface area contributed by atoms with E-state index >= 15 is 0 Å². The third-order valence-electron chi connectivity index (χ3n) is 4.25. The first-order valence-corrected chi connectivity index (χ1v) is 10.8. The minimum Gasteiger partial charge on any atom is -0.454 e. The van der Waals surface area contributed by atoms with Gasteiger partial charge in [0.1, 0.15) is 6.54 Å². The van der Waals surface area contributed by atoms with E-state index in [0.29, 0.717) is 5.69 Å². The third-order valence-corrected chi connectivity index (χ3v) is 5.18. The van der Waals surface area contributed by atoms with Crippen molar-refractivity contribution in [2.45, 2.75) is 4.90 Å². The molecule has 0 bridgehead atoms. The van der Waals surface area contributed by atoms with Gasteiger partial charge in [0, 0.05) is 17.1 Å². The van der Waals surface area contributed by atoms with Gasteiger partial charge in [-0.1, -0.05) is 36.4 Å². The summed E-state index contributed by atoms with van der Waals surface area (Å²) in [6.45, 7) is -0.558. The lowest BCUT2D eigenvalue weighted by atomic mass is 10.2. The number of nitrogens with one attached hydrogen (secondary N) is 1. The largest absolute Gasteiger partial charge is 0.454 e. The van der Waals surface area contributed by atoms with Crippen LogP contribution in [0.3, 0.4) is 0 Å². The van der Waals surface area contributed by atoms with Gasteiger partial charge < -0.3 is 15.0 Å². The molecule has 0 spiro atoms. The standard InChI is InChI=1S/C22H21N3O5S/c23-31(28,29)20-13-11-17(12-14-20)24-21(26)16-30-22(27)15-25(18-7-3-1-4-8-18)19-9-5-2-6-10-19/h1-14H,15-16H2,(H,24,26)(H2,23,28,29). The van der Waals surface area contributed by atoms with E-state index in [1.807, 2.05) is 60.7 Å². The molecule has 0 aliphatic rings. The second-order valence-electron chi connectivity index (χ2n) is 6.54. The molecule has 3 aromatic rings. The quantitative estimate of drug-likeness (QED) is 0.521. The molecule has 3 N–H and O–H groups in total. The maximum atomic E-state index is 12.4. The fourth-order valence-corrected chi connectivity index (χ4v) is 3.31. The third kappa shape index (κ3) is 6.39. The summed E-state index contributed by atoms with van der Waals surface area (Å²) in [6.07, 6.45) is 0. The van der Waals surface area contributed by atoms with Gasteiger partial charge in [0.15, 0.2) is 6.61 Å². The Morgan fingerprint density at radius 2 is 1.35 bits per heavy atom. The molecule has 0 saturated carbocycles. The number of carbonyl (C=O) groups is 2. The van der Waals surface area contributed by atoms with Gasteiger partial charge in [-0.25, -0.2) is 13.6 Å². The van der Waals surface area contributed by atoms with E-state index in [1.54, 1.807) is 4.90 Å². The van der Waals surface area contributed by atoms with Gasteiger partial charge >= 0.3 is 5.97 Å². The zero-order valence-electron chi connectivity index (χ0n) is 16.5. The molecule has 0 aliphatic carbocycles. The van der Waals surface area contributed by atoms with Crippen molar-refractivity contribution < 1.29 is 22.7 Å². The first-order valence-electron chi connectivity index (χ1n) is 9.29. The van der Waals surface area contributed by atoms with E-state index in [-0.39, 0.29) is 11.4 Å². The van der Waals surface area contributed by atoms with Gasteiger partial charge in [-0.3, -0.25) is 9.59 Å². The lowest BCUT2D eigenvalue weighted by Gasteiger charge is -2.24. The van der Waals surface area contributed by atoms with Crippen LogP contribution in [0.4, 0.5) is 17.1 Å². The van der Waals surface area contributed by atoms with Gasteiger partial charge in [-0.05, 0) is 48.5 Å². The molecule has 0 atom stereocenters. The number of anilines is 3. The summed E-state index contributed by atoms with van der Waals surface area (Å²) < 4.78 is 27.7. The number of carbonyl (C=O) groups excluding carboxylic acids is 2. The molecule has 31 heavy (non-hydrogen) atoms. The molecule has 0 fully saturated rings. The van der Waals surface area contributed by atoms with Gasteiger partial charge in [-0.15, -0.1) is 0 Å². The smallest absolute Gasteiger partial charge is 0.326 e. The van der Waals surface area contributed by atoms with Crippen molar-refractivity contribution in [1.29, 1.82) is 0 Å². The zero-order valence-corrected chi connectivity index (χ0v) is 17.3. The van der Waals surface area contributed by atoms with Gasteiger partial charge in [0.2, 0.25) is 10.0 Å². The predicted octanol–water partition coefficient (Wildman–Crippen LogP) is 2.65. The maximum Gasteiger partial charge on any atom is 0.326 e. The van der Waals surface area contributed by atoms with Gasteiger partial charge in [0.05, 0.1) is 4.90 Å². The highest BCUT2D eigenvalue weighted by atomic mass is 32.2. The summed E-state index contributed by atoms with van der Waals surface area (Å²) in [5, 5.41) is 7.56. The Morgan fingerprint density at radius 3 is 1.84 bits per heavy atom. The fourth-order valence-electron chi connectivity index (χ4n) is 2.79. The molecule has 3 rings (SSSR count). The number of benzene rings is 3. The Labute approximate surface area is 180 Å². The van der Waals surface area contributed by atoms with E-state index in [0.717, 1.165) is 11.4 Å². The molecule has 9 heteroatoms. The normalized spacial score (nSPS) is 10.9. The molecule has 8 nitrogen and oxygen atoms in total. The van der Waals surface area contributed by atoms with Crippen LogP contribution in [-0.4, -0.2) is 33.4 Å². The van der Waals surface area contributed by atoms with E-state index in [4.69, 9.17) is 9.88 Å². The number of sulfonamides is 1. The number of amides is 1. The number of primary sulfonamides is 1. The van der Waals surface area contributed by atoms with Crippen molar-refractivity contribution in [2.75, 3.05) is 23.4 Å². The Balaban J connectivity index is 1.58. The van der Waals surface area contributed by atoms with Crippen LogP contribution in [-0.2, 0) is 24.3 Å². The van der Waals surface area contributed by atoms with Crippen molar-refractivity contribution in [3.05, 3.63) is 84.9 Å². The molecule has 0 saturated heterocycles. The average Bonchev–Trinajstić information content (AvgIpc) is 2.77. The first-order chi connectivity index (χ1) is 14.8. The lowest BCUT2D eigenvalue weighted by Crippen LogP contribution is -2.29. The minimum absolute atomic E-state index is 0.0705. The van der Waals surface area contributed by atoms with Crippen LogP contribution in [0.15, 0.2) is 89.8 Å². The number of hydrogen-bond acceptors (Lipinski definition) is 6. The van der Waals surface area contributed by atoms with Crippen LogP contribution < -0.4 is 15.4 Å². The number of hydrogen-bond donors (Lipinski definition) is 2. The lowest BCUT2D eigenvalue weighted by molar-refractivity contribution is -0.145. The monoisotopic (exact) mass is 439 g/mol. The molecule has 3 aromatic carbocycles. The Hall–Kier alpha value is -3.69. The molecule has 0 aromatic heterocycles. The van der Waals surface area contributed by atoms with Crippen molar-refractivity contribution in [1.82, 2.24) is 0 Å². The van der Waals surface area contributed by atoms with E-state index in [9.17, 15) is 18.0 Å². The highest BCUT2D eigenvalue weighted by Crippen LogP contribution is 2.24. The summed E-state index contributed by atoms with van der Waals surface area (Å²) in [6, 6.07) is 24.1. The summed E-state index contributed by atoms with van der Waals surface area (Å²) in [5.41, 5.74) is 1.97. The van der Waals surface area contributed by atoms with Crippen molar-refractivity contribution in [2.24, 2.45) is 5.14 Å². The number of nitrogens with zero attached hydrogens (tertiary/aromatic N) is 1. The Kier molecular flexibility index (Phi) is 7.01. The Morgan fingerprint density at radius 1 is 0.839 bits per heavy atom. The number of rotatable bonds is 8. The van der Waals surface area contributed by atoms with E-state index < -0.39 is 28.5 Å². The number of esters is 1. The van der Waals surface area contributed by atoms with Crippen molar-refractivity contribution >= 4 is 39.0 Å². The number of ether oxygens (including phenoxy) is 1. The van der Waals surface area contributed by atoms with Gasteiger partial charge in [-0.2, -0.15) is 0 Å². The fraction of sp³-hybridized carbons (Fsp3) is 0.0909. The summed E-state index contributed by atoms with van der Waals surface area (Å²) >= 11 is 0. The minimum atomic E-state index is -3.81. The van der Waals surface area contributed by atoms with Crippen LogP contribution >= 0.6 is 0 Å². The molecule has 1 amide bonds. The molecular weight excluding hydrogens is 418 g/mol. The van der Waals surface area contributed by atoms with Gasteiger partial charge in [0.25, 0.3) is 5.91 Å². The Bertz CT molecular complexity index is 1100. The van der Waals surface area contributed by atoms with E-state index in [2.05, 4.69) is 5.32 Å². The topological polar surface area (TPSA) is 119 Å². The van der Waals surface area contributed by atoms with Crippen LogP contribution in [0.2, 0.25) is 0 Å². The molecule has 0 aliphatic heterocycles. The van der Waals surface area contributed by atoms with Crippen LogP contribution in [0.25, 0.3) is 0 Å². The molecule has 160 valence electrons. The summed E-state index contributed by atoms with van der Waals surface area (Å²) in [5.74, 6) is -1.13. The van der Waals surface area contributed by atoms with Crippen molar-refractivity contribution in [3.63, 3.8) is 0 Å². The average molecular weight is 439 g/mol. The van der Waals surface area contributed by atoms with Crippen LogP contribution in [0.1, 0.15) is 0 Å². The van der Waals surface area contributed by atoms with Crippen molar-refractivity contribution in [3.8, 4) is 0 Å². The summed E-state index contributed by atoms with van der Waals surface area (Å²) in [7, 11) is -3.81. The predicted molar refractivity (Wildman–Crippen MR) is 117 cm³/mol. The van der Waals surface area contributed by atoms with Crippen LogP contribution in [0.5, 0.6) is 0 Å². The highest BCUT2D eigenvalue weighted by molar-refractivity contribution is 7.89. The van der Waals surface area contributed by atoms with Crippen LogP contribution in [0, 0.1) is 0 Å². The second-order valence-corrected chi connectivity index (χ2v) is 8.10. The SMILES string of the molecule is NS(=O)(=O)c1ccc(NC(=O)COC(=O)CN(c2ccccc2)c2ccccc2)cc1. The molecule has 0 radical (unpaired) electrons. The number of nitrogens with two attached hydrogens (primary N) is 1. The maximum absolute atomic E-state index is 12.4. The zero-order chi connectivity index (χ0) is 22.3. The second kappa shape index (κ2) is 9.88. The van der Waals surface area contributed by atoms with E-state index in [1.165, 1.54) is 24.3 Å².